The summed E-state index contributed by atoms with van der Waals surface area (Å²) in [7, 11) is 0. The van der Waals surface area contributed by atoms with E-state index >= 15 is 0 Å². The lowest BCUT2D eigenvalue weighted by Crippen LogP contribution is -2.37. The standard InChI is InChI=1S/C8H15F2N/c1-8(9,10)6-7-4-2-3-5-11-7/h7,11H,2-6H2,1H3. The summed E-state index contributed by atoms with van der Waals surface area (Å²) in [5, 5.41) is 3.10. The normalized spacial score (nSPS) is 27.0. The van der Waals surface area contributed by atoms with Crippen LogP contribution in [0.1, 0.15) is 32.6 Å². The number of nitrogens with one attached hydrogen (secondary N) is 1. The van der Waals surface area contributed by atoms with Crippen molar-refractivity contribution < 1.29 is 8.78 Å². The van der Waals surface area contributed by atoms with Gasteiger partial charge in [0.2, 0.25) is 5.92 Å². The molecule has 1 unspecified atom stereocenters. The SMILES string of the molecule is CC(F)(F)CC1CCCCN1. The number of piperidine rings is 1. The minimum absolute atomic E-state index is 0.00694. The van der Waals surface area contributed by atoms with E-state index in [0.717, 1.165) is 32.7 Å². The number of hydrogen-bond acceptors (Lipinski definition) is 1. The molecule has 1 atom stereocenters. The predicted molar refractivity (Wildman–Crippen MR) is 40.9 cm³/mol. The molecule has 1 heterocycles. The Balaban J connectivity index is 2.24. The van der Waals surface area contributed by atoms with E-state index in [4.69, 9.17) is 0 Å². The van der Waals surface area contributed by atoms with Crippen molar-refractivity contribution in [3.63, 3.8) is 0 Å². The number of halogens is 2. The zero-order valence-corrected chi connectivity index (χ0v) is 6.87. The highest BCUT2D eigenvalue weighted by atomic mass is 19.3. The Morgan fingerprint density at radius 2 is 2.18 bits per heavy atom. The second-order valence-corrected chi connectivity index (χ2v) is 3.42. The Hall–Kier alpha value is -0.180. The predicted octanol–water partition coefficient (Wildman–Crippen LogP) is 2.17. The van der Waals surface area contributed by atoms with E-state index in [1.165, 1.54) is 0 Å². The fourth-order valence-electron chi connectivity index (χ4n) is 1.53. The van der Waals surface area contributed by atoms with E-state index < -0.39 is 5.92 Å². The Kier molecular flexibility index (Phi) is 2.82. The summed E-state index contributed by atoms with van der Waals surface area (Å²) in [5.41, 5.74) is 0. The highest BCUT2D eigenvalue weighted by Gasteiger charge is 2.27. The molecule has 0 saturated carbocycles. The third-order valence-corrected chi connectivity index (χ3v) is 2.02. The summed E-state index contributed by atoms with van der Waals surface area (Å²) in [4.78, 5) is 0. The van der Waals surface area contributed by atoms with Gasteiger partial charge in [-0.15, -0.1) is 0 Å². The van der Waals surface area contributed by atoms with Gasteiger partial charge in [0.1, 0.15) is 0 Å². The molecule has 1 aliphatic heterocycles. The molecule has 1 N–H and O–H groups in total. The number of alkyl halides is 2. The number of hydrogen-bond donors (Lipinski definition) is 1. The Morgan fingerprint density at radius 3 is 2.64 bits per heavy atom. The summed E-state index contributed by atoms with van der Waals surface area (Å²) < 4.78 is 24.9. The molecule has 1 fully saturated rings. The molecule has 0 aliphatic carbocycles. The molecular weight excluding hydrogens is 148 g/mol. The van der Waals surface area contributed by atoms with Gasteiger partial charge in [0.25, 0.3) is 0 Å². The van der Waals surface area contributed by atoms with Crippen LogP contribution >= 0.6 is 0 Å². The zero-order chi connectivity index (χ0) is 8.32. The van der Waals surface area contributed by atoms with Crippen molar-refractivity contribution in [3.05, 3.63) is 0 Å². The molecule has 3 heteroatoms. The summed E-state index contributed by atoms with van der Waals surface area (Å²) in [6.07, 6.45) is 3.12. The van der Waals surface area contributed by atoms with Crippen molar-refractivity contribution in [2.75, 3.05) is 6.54 Å². The second kappa shape index (κ2) is 3.48. The topological polar surface area (TPSA) is 12.0 Å². The molecule has 0 radical (unpaired) electrons. The van der Waals surface area contributed by atoms with Gasteiger partial charge in [0.15, 0.2) is 0 Å². The van der Waals surface area contributed by atoms with Gasteiger partial charge < -0.3 is 5.32 Å². The molecule has 66 valence electrons. The van der Waals surface area contributed by atoms with Gasteiger partial charge in [-0.05, 0) is 26.3 Å². The molecule has 0 amide bonds. The molecule has 1 aliphatic rings. The Bertz CT molecular complexity index is 114. The molecule has 0 aromatic carbocycles. The minimum atomic E-state index is -2.50. The van der Waals surface area contributed by atoms with E-state index in [0.29, 0.717) is 0 Å². The van der Waals surface area contributed by atoms with E-state index in [-0.39, 0.29) is 12.5 Å². The quantitative estimate of drug-likeness (QED) is 0.657. The van der Waals surface area contributed by atoms with Crippen molar-refractivity contribution in [2.45, 2.75) is 44.6 Å². The molecule has 1 rings (SSSR count). The van der Waals surface area contributed by atoms with Crippen LogP contribution in [0.15, 0.2) is 0 Å². The molecule has 1 saturated heterocycles. The fraction of sp³-hybridized carbons (Fsp3) is 1.00. The van der Waals surface area contributed by atoms with Crippen LogP contribution in [0.4, 0.5) is 8.78 Å². The van der Waals surface area contributed by atoms with Gasteiger partial charge >= 0.3 is 0 Å². The monoisotopic (exact) mass is 163 g/mol. The fourth-order valence-corrected chi connectivity index (χ4v) is 1.53. The van der Waals surface area contributed by atoms with Crippen LogP contribution in [0.25, 0.3) is 0 Å². The maximum absolute atomic E-state index is 12.5. The van der Waals surface area contributed by atoms with E-state index in [9.17, 15) is 8.78 Å². The summed E-state index contributed by atoms with van der Waals surface area (Å²) >= 11 is 0. The molecule has 0 bridgehead atoms. The van der Waals surface area contributed by atoms with Crippen molar-refractivity contribution in [1.29, 1.82) is 0 Å². The smallest absolute Gasteiger partial charge is 0.246 e. The second-order valence-electron chi connectivity index (χ2n) is 3.42. The molecule has 0 aromatic heterocycles. The summed E-state index contributed by atoms with van der Waals surface area (Å²) in [6.45, 7) is 1.89. The third kappa shape index (κ3) is 3.65. The van der Waals surface area contributed by atoms with Gasteiger partial charge in [-0.25, -0.2) is 8.78 Å². The first-order valence-electron chi connectivity index (χ1n) is 4.19. The van der Waals surface area contributed by atoms with Crippen LogP contribution in [-0.4, -0.2) is 18.5 Å². The largest absolute Gasteiger partial charge is 0.314 e. The molecule has 1 nitrogen and oxygen atoms in total. The average Bonchev–Trinajstić information content (AvgIpc) is 1.85. The maximum Gasteiger partial charge on any atom is 0.246 e. The van der Waals surface area contributed by atoms with E-state index in [1.54, 1.807) is 0 Å². The van der Waals surface area contributed by atoms with E-state index in [1.807, 2.05) is 0 Å². The van der Waals surface area contributed by atoms with Crippen molar-refractivity contribution in [2.24, 2.45) is 0 Å². The summed E-state index contributed by atoms with van der Waals surface area (Å²) in [5.74, 6) is -2.50. The highest BCUT2D eigenvalue weighted by Crippen LogP contribution is 2.22. The van der Waals surface area contributed by atoms with Gasteiger partial charge in [0, 0.05) is 12.5 Å². The van der Waals surface area contributed by atoms with Crippen LogP contribution in [0.3, 0.4) is 0 Å². The lowest BCUT2D eigenvalue weighted by atomic mass is 9.99. The van der Waals surface area contributed by atoms with Crippen molar-refractivity contribution in [1.82, 2.24) is 5.32 Å². The van der Waals surface area contributed by atoms with Crippen LogP contribution in [-0.2, 0) is 0 Å². The van der Waals surface area contributed by atoms with Crippen LogP contribution in [0, 0.1) is 0 Å². The van der Waals surface area contributed by atoms with Gasteiger partial charge in [-0.2, -0.15) is 0 Å². The van der Waals surface area contributed by atoms with Crippen molar-refractivity contribution in [3.8, 4) is 0 Å². The number of rotatable bonds is 2. The lowest BCUT2D eigenvalue weighted by Gasteiger charge is -2.25. The molecule has 0 spiro atoms. The van der Waals surface area contributed by atoms with Gasteiger partial charge in [0.05, 0.1) is 0 Å². The van der Waals surface area contributed by atoms with Gasteiger partial charge in [-0.1, -0.05) is 6.42 Å². The van der Waals surface area contributed by atoms with Crippen LogP contribution in [0.2, 0.25) is 0 Å². The first-order chi connectivity index (χ1) is 5.08. The average molecular weight is 163 g/mol. The van der Waals surface area contributed by atoms with Crippen molar-refractivity contribution >= 4 is 0 Å². The molecule has 11 heavy (non-hydrogen) atoms. The molecular formula is C8H15F2N. The van der Waals surface area contributed by atoms with Gasteiger partial charge in [-0.3, -0.25) is 0 Å². The first-order valence-corrected chi connectivity index (χ1v) is 4.19. The zero-order valence-electron chi connectivity index (χ0n) is 6.87. The lowest BCUT2D eigenvalue weighted by molar-refractivity contribution is 0.000109. The minimum Gasteiger partial charge on any atom is -0.314 e. The van der Waals surface area contributed by atoms with Crippen LogP contribution < -0.4 is 5.32 Å². The maximum atomic E-state index is 12.5. The van der Waals surface area contributed by atoms with Crippen LogP contribution in [0.5, 0.6) is 0 Å². The first kappa shape index (κ1) is 8.91. The molecule has 0 aromatic rings. The Morgan fingerprint density at radius 1 is 1.45 bits per heavy atom. The third-order valence-electron chi connectivity index (χ3n) is 2.02. The van der Waals surface area contributed by atoms with E-state index in [2.05, 4.69) is 5.32 Å². The Labute approximate surface area is 66.2 Å². The highest BCUT2D eigenvalue weighted by molar-refractivity contribution is 4.76. The summed E-state index contributed by atoms with van der Waals surface area (Å²) in [6, 6.07) is 0.0451.